The van der Waals surface area contributed by atoms with Gasteiger partial charge in [-0.3, -0.25) is 9.79 Å². The maximum atomic E-state index is 13.4. The molecule has 0 saturated carbocycles. The van der Waals surface area contributed by atoms with E-state index in [1.165, 1.54) is 5.56 Å². The number of rotatable bonds is 7. The zero-order valence-corrected chi connectivity index (χ0v) is 20.8. The number of hydrogen-bond donors (Lipinski definition) is 1. The second kappa shape index (κ2) is 11.0. The van der Waals surface area contributed by atoms with E-state index in [4.69, 9.17) is 4.99 Å². The summed E-state index contributed by atoms with van der Waals surface area (Å²) in [5.74, 6) is -0.108. The highest BCUT2D eigenvalue weighted by Crippen LogP contribution is 2.34. The van der Waals surface area contributed by atoms with Crippen molar-refractivity contribution in [3.63, 3.8) is 0 Å². The van der Waals surface area contributed by atoms with Crippen LogP contribution in [0.1, 0.15) is 61.4 Å². The van der Waals surface area contributed by atoms with Gasteiger partial charge in [-0.15, -0.1) is 0 Å². The Morgan fingerprint density at radius 2 is 1.23 bits per heavy atom. The van der Waals surface area contributed by atoms with Crippen LogP contribution in [0.15, 0.2) is 102 Å². The van der Waals surface area contributed by atoms with Crippen LogP contribution in [0.5, 0.6) is 0 Å². The molecular formula is C32H32N2O. The predicted molar refractivity (Wildman–Crippen MR) is 145 cm³/mol. The van der Waals surface area contributed by atoms with E-state index < -0.39 is 0 Å². The zero-order valence-electron chi connectivity index (χ0n) is 20.8. The molecule has 0 aliphatic rings. The SMILES string of the molecule is Cc1cccc(/C=N\C(c2cccc(C)c2)C(NC(=O)c2cccc(C)c2)c2cccc(C)c2)c1. The molecule has 4 rings (SSSR count). The first-order valence-corrected chi connectivity index (χ1v) is 12.0. The predicted octanol–water partition coefficient (Wildman–Crippen LogP) is 7.25. The summed E-state index contributed by atoms with van der Waals surface area (Å²) in [6, 6.07) is 32.0. The van der Waals surface area contributed by atoms with Gasteiger partial charge in [-0.2, -0.15) is 0 Å². The van der Waals surface area contributed by atoms with E-state index >= 15 is 0 Å². The number of aryl methyl sites for hydroxylation is 4. The smallest absolute Gasteiger partial charge is 0.251 e. The molecule has 3 heteroatoms. The standard InChI is InChI=1S/C32H32N2O/c1-22-9-5-13-26(17-22)21-33-30(27-14-6-10-23(2)18-27)31(28-15-7-11-24(3)19-28)34-32(35)29-16-8-12-25(4)20-29/h5-21,30-31H,1-4H3,(H,34,35)/b33-21-. The van der Waals surface area contributed by atoms with Crippen molar-refractivity contribution in [3.8, 4) is 0 Å². The van der Waals surface area contributed by atoms with Gasteiger partial charge in [0.2, 0.25) is 0 Å². The fourth-order valence-corrected chi connectivity index (χ4v) is 4.35. The average Bonchev–Trinajstić information content (AvgIpc) is 2.83. The van der Waals surface area contributed by atoms with Gasteiger partial charge in [0, 0.05) is 11.8 Å². The number of nitrogens with zero attached hydrogens (tertiary/aromatic N) is 1. The van der Waals surface area contributed by atoms with E-state index in [9.17, 15) is 4.79 Å². The van der Waals surface area contributed by atoms with Crippen LogP contribution >= 0.6 is 0 Å². The van der Waals surface area contributed by atoms with E-state index in [0.717, 1.165) is 33.4 Å². The van der Waals surface area contributed by atoms with Crippen molar-refractivity contribution in [1.29, 1.82) is 0 Å². The molecular weight excluding hydrogens is 428 g/mol. The summed E-state index contributed by atoms with van der Waals surface area (Å²) in [7, 11) is 0. The first kappa shape index (κ1) is 24.2. The molecule has 3 nitrogen and oxygen atoms in total. The summed E-state index contributed by atoms with van der Waals surface area (Å²) in [6.07, 6.45) is 1.92. The fourth-order valence-electron chi connectivity index (χ4n) is 4.35. The number of aliphatic imine (C=N–C) groups is 1. The normalized spacial score (nSPS) is 12.9. The number of amides is 1. The van der Waals surface area contributed by atoms with Crippen LogP contribution < -0.4 is 5.32 Å². The van der Waals surface area contributed by atoms with Crippen molar-refractivity contribution >= 4 is 12.1 Å². The van der Waals surface area contributed by atoms with Gasteiger partial charge in [-0.1, -0.05) is 107 Å². The van der Waals surface area contributed by atoms with Gasteiger partial charge in [0.1, 0.15) is 0 Å². The number of hydrogen-bond acceptors (Lipinski definition) is 2. The van der Waals surface area contributed by atoms with Crippen LogP contribution in [0.4, 0.5) is 0 Å². The Morgan fingerprint density at radius 1 is 0.686 bits per heavy atom. The van der Waals surface area contributed by atoms with E-state index in [1.54, 1.807) is 0 Å². The van der Waals surface area contributed by atoms with Crippen LogP contribution in [0.25, 0.3) is 0 Å². The molecule has 2 unspecified atom stereocenters. The number of benzene rings is 4. The number of carbonyl (C=O) groups is 1. The lowest BCUT2D eigenvalue weighted by Gasteiger charge is -2.27. The molecule has 35 heavy (non-hydrogen) atoms. The first-order valence-electron chi connectivity index (χ1n) is 12.0. The van der Waals surface area contributed by atoms with Crippen LogP contribution in [-0.2, 0) is 0 Å². The maximum absolute atomic E-state index is 13.4. The molecule has 4 aromatic rings. The van der Waals surface area contributed by atoms with Crippen molar-refractivity contribution in [2.75, 3.05) is 0 Å². The average molecular weight is 461 g/mol. The quantitative estimate of drug-likeness (QED) is 0.290. The van der Waals surface area contributed by atoms with Crippen molar-refractivity contribution in [2.24, 2.45) is 4.99 Å². The molecule has 0 heterocycles. The minimum absolute atomic E-state index is 0.108. The third-order valence-electron chi connectivity index (χ3n) is 6.09. The van der Waals surface area contributed by atoms with E-state index in [1.807, 2.05) is 49.5 Å². The molecule has 1 amide bonds. The summed E-state index contributed by atoms with van der Waals surface area (Å²) in [5.41, 5.74) is 8.31. The van der Waals surface area contributed by atoms with Gasteiger partial charge in [0.15, 0.2) is 0 Å². The molecule has 2 atom stereocenters. The lowest BCUT2D eigenvalue weighted by atomic mass is 9.91. The largest absolute Gasteiger partial charge is 0.343 e. The second-order valence-electron chi connectivity index (χ2n) is 9.29. The summed E-state index contributed by atoms with van der Waals surface area (Å²) < 4.78 is 0. The molecule has 0 radical (unpaired) electrons. The zero-order chi connectivity index (χ0) is 24.8. The molecule has 1 N–H and O–H groups in total. The summed E-state index contributed by atoms with van der Waals surface area (Å²) in [5, 5.41) is 3.32. The molecule has 0 saturated heterocycles. The van der Waals surface area contributed by atoms with Crippen LogP contribution in [0, 0.1) is 27.7 Å². The highest BCUT2D eigenvalue weighted by atomic mass is 16.1. The lowest BCUT2D eigenvalue weighted by Crippen LogP contribution is -2.32. The monoisotopic (exact) mass is 460 g/mol. The van der Waals surface area contributed by atoms with Crippen LogP contribution in [-0.4, -0.2) is 12.1 Å². The fraction of sp³-hybridized carbons (Fsp3) is 0.188. The number of nitrogens with one attached hydrogen (secondary N) is 1. The third kappa shape index (κ3) is 6.33. The summed E-state index contributed by atoms with van der Waals surface area (Å²) in [6.45, 7) is 8.22. The van der Waals surface area contributed by atoms with Gasteiger partial charge in [-0.05, 0) is 56.5 Å². The van der Waals surface area contributed by atoms with E-state index in [-0.39, 0.29) is 18.0 Å². The van der Waals surface area contributed by atoms with Crippen molar-refractivity contribution in [2.45, 2.75) is 39.8 Å². The van der Waals surface area contributed by atoms with Crippen LogP contribution in [0.2, 0.25) is 0 Å². The highest BCUT2D eigenvalue weighted by molar-refractivity contribution is 5.94. The van der Waals surface area contributed by atoms with Crippen LogP contribution in [0.3, 0.4) is 0 Å². The van der Waals surface area contributed by atoms with Crippen molar-refractivity contribution in [3.05, 3.63) is 142 Å². The van der Waals surface area contributed by atoms with Crippen molar-refractivity contribution in [1.82, 2.24) is 5.32 Å². The molecule has 176 valence electrons. The molecule has 0 bridgehead atoms. The van der Waals surface area contributed by atoms with Gasteiger partial charge in [0.05, 0.1) is 12.1 Å². The summed E-state index contributed by atoms with van der Waals surface area (Å²) in [4.78, 5) is 18.5. The molecule has 0 aliphatic heterocycles. The Kier molecular flexibility index (Phi) is 7.57. The Balaban J connectivity index is 1.80. The topological polar surface area (TPSA) is 41.5 Å². The van der Waals surface area contributed by atoms with Gasteiger partial charge >= 0.3 is 0 Å². The minimum atomic E-state index is -0.342. The third-order valence-corrected chi connectivity index (χ3v) is 6.09. The lowest BCUT2D eigenvalue weighted by molar-refractivity contribution is 0.0930. The second-order valence-corrected chi connectivity index (χ2v) is 9.29. The molecule has 0 aromatic heterocycles. The Hall–Kier alpha value is -3.98. The summed E-state index contributed by atoms with van der Waals surface area (Å²) >= 11 is 0. The highest BCUT2D eigenvalue weighted by Gasteiger charge is 2.27. The first-order chi connectivity index (χ1) is 16.9. The van der Waals surface area contributed by atoms with E-state index in [2.05, 4.69) is 86.8 Å². The van der Waals surface area contributed by atoms with Gasteiger partial charge in [0.25, 0.3) is 5.91 Å². The van der Waals surface area contributed by atoms with Gasteiger partial charge < -0.3 is 5.32 Å². The molecule has 0 aliphatic carbocycles. The van der Waals surface area contributed by atoms with E-state index in [0.29, 0.717) is 5.56 Å². The van der Waals surface area contributed by atoms with Gasteiger partial charge in [-0.25, -0.2) is 0 Å². The minimum Gasteiger partial charge on any atom is -0.343 e. The Bertz CT molecular complexity index is 1360. The maximum Gasteiger partial charge on any atom is 0.251 e. The number of carbonyl (C=O) groups excluding carboxylic acids is 1. The van der Waals surface area contributed by atoms with Crippen molar-refractivity contribution < 1.29 is 4.79 Å². The molecule has 0 spiro atoms. The Morgan fingerprint density at radius 3 is 1.86 bits per heavy atom. The molecule has 4 aromatic carbocycles. The molecule has 0 fully saturated rings. The Labute approximate surface area is 208 Å².